The fourth-order valence-electron chi connectivity index (χ4n) is 3.60. The molecule has 1 N–H and O–H groups in total. The molecular weight excluding hydrogens is 458 g/mol. The molecule has 0 amide bonds. The number of rotatable bonds is 6. The van der Waals surface area contributed by atoms with E-state index in [2.05, 4.69) is 14.8 Å². The number of ether oxygens (including phenoxy) is 1. The summed E-state index contributed by atoms with van der Waals surface area (Å²) in [6.45, 7) is 1.89. The van der Waals surface area contributed by atoms with Gasteiger partial charge in [-0.25, -0.2) is 18.1 Å². The van der Waals surface area contributed by atoms with E-state index in [1.165, 1.54) is 30.8 Å². The number of hydrogen-bond acceptors (Lipinski definition) is 7. The number of aryl methyl sites for hydroxylation is 1. The van der Waals surface area contributed by atoms with Gasteiger partial charge in [-0.2, -0.15) is 10.4 Å². The lowest BCUT2D eigenvalue weighted by atomic mass is 9.96. The molecule has 2 heterocycles. The van der Waals surface area contributed by atoms with Gasteiger partial charge in [0.05, 0.1) is 28.4 Å². The first-order chi connectivity index (χ1) is 14.9. The average Bonchev–Trinajstić information content (AvgIpc) is 3.33. The molecule has 1 aliphatic rings. The van der Waals surface area contributed by atoms with E-state index in [4.69, 9.17) is 16.3 Å². The second-order valence-corrected chi connectivity index (χ2v) is 10.7. The van der Waals surface area contributed by atoms with Crippen LogP contribution in [0.1, 0.15) is 49.4 Å². The normalized spacial score (nSPS) is 14.9. The highest BCUT2D eigenvalue weighted by Gasteiger charge is 2.22. The van der Waals surface area contributed by atoms with Crippen LogP contribution in [-0.4, -0.2) is 23.2 Å². The van der Waals surface area contributed by atoms with Crippen molar-refractivity contribution >= 4 is 38.1 Å². The molecule has 8 nitrogen and oxygen atoms in total. The minimum absolute atomic E-state index is 0.0697. The molecule has 1 fully saturated rings. The van der Waals surface area contributed by atoms with Crippen LogP contribution in [0, 0.1) is 18.3 Å². The summed E-state index contributed by atoms with van der Waals surface area (Å²) in [5, 5.41) is 14.3. The lowest BCUT2D eigenvalue weighted by Gasteiger charge is -2.23. The molecule has 0 aliphatic heterocycles. The third-order valence-corrected chi connectivity index (χ3v) is 7.54. The zero-order valence-corrected chi connectivity index (χ0v) is 19.1. The molecule has 0 radical (unpaired) electrons. The minimum Gasteiger partial charge on any atom is -0.438 e. The van der Waals surface area contributed by atoms with Gasteiger partial charge in [-0.1, -0.05) is 42.2 Å². The topological polar surface area (TPSA) is 110 Å². The first-order valence-corrected chi connectivity index (χ1v) is 12.5. The fraction of sp³-hybridized carbons (Fsp3) is 0.350. The van der Waals surface area contributed by atoms with Crippen LogP contribution < -0.4 is 9.46 Å². The first-order valence-electron chi connectivity index (χ1n) is 9.78. The zero-order valence-electron chi connectivity index (χ0n) is 16.7. The Bertz CT molecular complexity index is 1240. The molecule has 11 heteroatoms. The summed E-state index contributed by atoms with van der Waals surface area (Å²) in [4.78, 5) is 3.83. The first kappa shape index (κ1) is 21.6. The van der Waals surface area contributed by atoms with E-state index >= 15 is 0 Å². The Balaban J connectivity index is 1.60. The number of anilines is 1. The van der Waals surface area contributed by atoms with Crippen molar-refractivity contribution in [2.45, 2.75) is 50.0 Å². The summed E-state index contributed by atoms with van der Waals surface area (Å²) in [5.41, 5.74) is 0.929. The van der Waals surface area contributed by atoms with E-state index in [0.29, 0.717) is 10.2 Å². The number of nitrogens with one attached hydrogen (secondary N) is 1. The summed E-state index contributed by atoms with van der Waals surface area (Å²) in [5.74, 6) is 0.822. The Morgan fingerprint density at radius 2 is 2.06 bits per heavy atom. The monoisotopic (exact) mass is 477 g/mol. The van der Waals surface area contributed by atoms with Crippen LogP contribution in [0.15, 0.2) is 35.4 Å². The van der Waals surface area contributed by atoms with Crippen LogP contribution in [0.25, 0.3) is 0 Å². The predicted octanol–water partition coefficient (Wildman–Crippen LogP) is 5.27. The quantitative estimate of drug-likeness (QED) is 0.517. The zero-order chi connectivity index (χ0) is 22.0. The van der Waals surface area contributed by atoms with E-state index in [1.54, 1.807) is 0 Å². The van der Waals surface area contributed by atoms with Gasteiger partial charge in [-0.15, -0.1) is 0 Å². The van der Waals surface area contributed by atoms with Gasteiger partial charge in [-0.3, -0.25) is 4.72 Å². The van der Waals surface area contributed by atoms with Crippen molar-refractivity contribution in [3.63, 3.8) is 0 Å². The summed E-state index contributed by atoms with van der Waals surface area (Å²) < 4.78 is 36.0. The van der Waals surface area contributed by atoms with Gasteiger partial charge in [0.2, 0.25) is 5.88 Å². The summed E-state index contributed by atoms with van der Waals surface area (Å²) >= 11 is 6.81. The predicted molar refractivity (Wildman–Crippen MR) is 118 cm³/mol. The van der Waals surface area contributed by atoms with Crippen LogP contribution in [0.2, 0.25) is 4.34 Å². The lowest BCUT2D eigenvalue weighted by Crippen LogP contribution is -2.15. The number of halogens is 1. The molecule has 2 aromatic heterocycles. The van der Waals surface area contributed by atoms with E-state index in [0.717, 1.165) is 42.7 Å². The summed E-state index contributed by atoms with van der Waals surface area (Å²) in [7, 11) is -3.93. The highest BCUT2D eigenvalue weighted by Crippen LogP contribution is 2.35. The minimum atomic E-state index is -3.93. The molecule has 0 bridgehead atoms. The van der Waals surface area contributed by atoms with Crippen molar-refractivity contribution in [1.29, 1.82) is 5.26 Å². The maximum absolute atomic E-state index is 12.7. The van der Waals surface area contributed by atoms with Gasteiger partial charge < -0.3 is 4.74 Å². The van der Waals surface area contributed by atoms with E-state index < -0.39 is 10.0 Å². The molecular formula is C20H20ClN5O3S2. The summed E-state index contributed by atoms with van der Waals surface area (Å²) in [6.07, 6.45) is 6.95. The number of nitrogens with zero attached hydrogens (tertiary/aromatic N) is 4. The number of thiazole rings is 1. The van der Waals surface area contributed by atoms with Crippen molar-refractivity contribution in [2.75, 3.05) is 4.72 Å². The maximum atomic E-state index is 12.7. The van der Waals surface area contributed by atoms with Crippen LogP contribution in [0.4, 0.5) is 5.13 Å². The molecule has 3 aromatic rings. The van der Waals surface area contributed by atoms with Gasteiger partial charge in [0.1, 0.15) is 16.2 Å². The number of sulfonamides is 1. The average molecular weight is 478 g/mol. The van der Waals surface area contributed by atoms with Crippen molar-refractivity contribution in [3.8, 4) is 17.7 Å². The van der Waals surface area contributed by atoms with E-state index in [9.17, 15) is 13.7 Å². The van der Waals surface area contributed by atoms with E-state index in [1.807, 2.05) is 23.7 Å². The molecule has 0 unspecified atom stereocenters. The van der Waals surface area contributed by atoms with Crippen molar-refractivity contribution < 1.29 is 13.2 Å². The second kappa shape index (κ2) is 8.86. The number of benzene rings is 1. The summed E-state index contributed by atoms with van der Waals surface area (Å²) in [6, 6.07) is 8.26. The van der Waals surface area contributed by atoms with Crippen LogP contribution in [0.3, 0.4) is 0 Å². The van der Waals surface area contributed by atoms with Crippen molar-refractivity contribution in [1.82, 2.24) is 14.8 Å². The third-order valence-electron chi connectivity index (χ3n) is 5.04. The van der Waals surface area contributed by atoms with E-state index in [-0.39, 0.29) is 27.4 Å². The Labute approximate surface area is 189 Å². The van der Waals surface area contributed by atoms with Gasteiger partial charge in [0.15, 0.2) is 5.13 Å². The van der Waals surface area contributed by atoms with Crippen LogP contribution in [-0.2, 0) is 10.0 Å². The maximum Gasteiger partial charge on any atom is 0.263 e. The van der Waals surface area contributed by atoms with Crippen LogP contribution >= 0.6 is 22.9 Å². The Morgan fingerprint density at radius 3 is 2.74 bits per heavy atom. The van der Waals surface area contributed by atoms with Gasteiger partial charge in [0, 0.05) is 6.07 Å². The molecule has 1 saturated carbocycles. The van der Waals surface area contributed by atoms with Gasteiger partial charge in [-0.05, 0) is 38.0 Å². The largest absolute Gasteiger partial charge is 0.438 e. The molecule has 1 aromatic carbocycles. The highest BCUT2D eigenvalue weighted by molar-refractivity contribution is 7.93. The second-order valence-electron chi connectivity index (χ2n) is 7.31. The standard InChI is InChI=1S/C20H20ClN5O3S2/c1-13-9-19(26(24-13)15-5-3-2-4-6-15)29-17-8-7-16(10-14(17)11-22)31(27,28)25-20-23-12-18(21)30-20/h7-10,12,15H,2-6H2,1H3,(H,23,25). The number of nitriles is 1. The number of aromatic nitrogens is 3. The Kier molecular flexibility index (Phi) is 6.18. The Hall–Kier alpha value is -2.61. The molecule has 31 heavy (non-hydrogen) atoms. The molecule has 0 atom stereocenters. The highest BCUT2D eigenvalue weighted by atomic mass is 35.5. The lowest BCUT2D eigenvalue weighted by molar-refractivity contribution is 0.295. The van der Waals surface area contributed by atoms with Gasteiger partial charge >= 0.3 is 0 Å². The Morgan fingerprint density at radius 1 is 1.29 bits per heavy atom. The molecule has 4 rings (SSSR count). The SMILES string of the molecule is Cc1cc(Oc2ccc(S(=O)(=O)Nc3ncc(Cl)s3)cc2C#N)n(C2CCCCC2)n1. The molecule has 0 saturated heterocycles. The van der Waals surface area contributed by atoms with Gasteiger partial charge in [0.25, 0.3) is 10.0 Å². The molecule has 162 valence electrons. The van der Waals surface area contributed by atoms with Crippen molar-refractivity contribution in [3.05, 3.63) is 46.1 Å². The smallest absolute Gasteiger partial charge is 0.263 e. The fourth-order valence-corrected chi connectivity index (χ4v) is 5.68. The van der Waals surface area contributed by atoms with Crippen molar-refractivity contribution in [2.24, 2.45) is 0 Å². The van der Waals surface area contributed by atoms with Crippen LogP contribution in [0.5, 0.6) is 11.6 Å². The third kappa shape index (κ3) is 4.84. The molecule has 1 aliphatic carbocycles. The molecule has 0 spiro atoms. The number of hydrogen-bond donors (Lipinski definition) is 1.